The summed E-state index contributed by atoms with van der Waals surface area (Å²) < 4.78 is 19.5. The zero-order valence-corrected chi connectivity index (χ0v) is 26.2. The first-order valence-corrected chi connectivity index (χ1v) is 15.8. The number of phenols is 1. The van der Waals surface area contributed by atoms with E-state index in [2.05, 4.69) is 0 Å². The lowest BCUT2D eigenvalue weighted by molar-refractivity contribution is -0.141. The molecule has 3 aromatic rings. The lowest BCUT2D eigenvalue weighted by Crippen LogP contribution is -2.60. The van der Waals surface area contributed by atoms with Crippen molar-refractivity contribution >= 4 is 52.5 Å². The van der Waals surface area contributed by atoms with Gasteiger partial charge < -0.3 is 9.84 Å². The summed E-state index contributed by atoms with van der Waals surface area (Å²) in [5, 5.41) is 11.5. The minimum atomic E-state index is -2.16. The van der Waals surface area contributed by atoms with E-state index in [0.29, 0.717) is 5.57 Å². The smallest absolute Gasteiger partial charge is 0.258 e. The second-order valence-electron chi connectivity index (χ2n) is 12.1. The van der Waals surface area contributed by atoms with E-state index in [-0.39, 0.29) is 54.7 Å². The van der Waals surface area contributed by atoms with Gasteiger partial charge in [0.05, 0.1) is 30.7 Å². The molecule has 4 aliphatic rings. The van der Waals surface area contributed by atoms with Crippen molar-refractivity contribution in [3.05, 3.63) is 101 Å². The van der Waals surface area contributed by atoms with Gasteiger partial charge in [0.2, 0.25) is 11.8 Å². The first-order valence-electron chi connectivity index (χ1n) is 15.1. The number of carbonyl (C=O) groups is 4. The summed E-state index contributed by atoms with van der Waals surface area (Å²) in [6.07, 6.45) is 1.79. The molecule has 0 aromatic heterocycles. The maximum Gasteiger partial charge on any atom is 0.258 e. The van der Waals surface area contributed by atoms with Crippen molar-refractivity contribution in [2.45, 2.75) is 42.0 Å². The molecule has 0 radical (unpaired) electrons. The van der Waals surface area contributed by atoms with Crippen LogP contribution in [-0.4, -0.2) is 50.0 Å². The highest BCUT2D eigenvalue weighted by atomic mass is 35.5. The Morgan fingerprint density at radius 2 is 1.63 bits per heavy atom. The molecule has 8 nitrogen and oxygen atoms in total. The van der Waals surface area contributed by atoms with Crippen molar-refractivity contribution in [1.82, 2.24) is 4.90 Å². The minimum Gasteiger partial charge on any atom is -0.504 e. The van der Waals surface area contributed by atoms with Gasteiger partial charge in [-0.2, -0.15) is 0 Å². The van der Waals surface area contributed by atoms with Crippen LogP contribution in [0, 0.1) is 23.6 Å². The molecule has 6 atom stereocenters. The molecule has 1 N–H and O–H groups in total. The summed E-state index contributed by atoms with van der Waals surface area (Å²) in [5.41, 5.74) is 1.60. The molecule has 4 amide bonds. The van der Waals surface area contributed by atoms with Crippen molar-refractivity contribution in [3.63, 3.8) is 0 Å². The molecule has 7 rings (SSSR count). The molecular weight excluding hydrogens is 634 g/mol. The molecule has 6 unspecified atom stereocenters. The molecule has 0 bridgehead atoms. The number of amides is 4. The van der Waals surface area contributed by atoms with Gasteiger partial charge in [-0.3, -0.25) is 24.1 Å². The Morgan fingerprint density at radius 1 is 0.913 bits per heavy atom. The van der Waals surface area contributed by atoms with E-state index in [1.807, 2.05) is 30.3 Å². The van der Waals surface area contributed by atoms with Gasteiger partial charge in [-0.1, -0.05) is 54.1 Å². The maximum atomic E-state index is 14.5. The highest BCUT2D eigenvalue weighted by Gasteiger charge is 2.77. The lowest BCUT2D eigenvalue weighted by atomic mass is 9.56. The summed E-state index contributed by atoms with van der Waals surface area (Å²) in [4.78, 5) is 54.5. The van der Waals surface area contributed by atoms with E-state index in [1.54, 1.807) is 31.2 Å². The number of anilines is 1. The maximum absolute atomic E-state index is 14.5. The Bertz CT molecular complexity index is 1820. The number of nitrogens with zero attached hydrogens (tertiary/aromatic N) is 2. The van der Waals surface area contributed by atoms with E-state index in [0.717, 1.165) is 22.6 Å². The van der Waals surface area contributed by atoms with Crippen LogP contribution >= 0.6 is 23.2 Å². The van der Waals surface area contributed by atoms with Gasteiger partial charge in [-0.05, 0) is 61.6 Å². The highest BCUT2D eigenvalue weighted by Crippen LogP contribution is 2.66. The number of hydrogen-bond acceptors (Lipinski definition) is 6. The third-order valence-electron chi connectivity index (χ3n) is 9.81. The van der Waals surface area contributed by atoms with Gasteiger partial charge in [-0.15, -0.1) is 23.2 Å². The molecule has 3 fully saturated rings. The fourth-order valence-electron chi connectivity index (χ4n) is 7.78. The zero-order chi connectivity index (χ0) is 32.5. The molecule has 2 aliphatic heterocycles. The number of halogens is 3. The number of hydrogen-bond donors (Lipinski definition) is 1. The number of rotatable bonds is 6. The van der Waals surface area contributed by atoms with Crippen molar-refractivity contribution in [2.24, 2.45) is 17.8 Å². The molecule has 1 saturated carbocycles. The van der Waals surface area contributed by atoms with E-state index in [4.69, 9.17) is 27.9 Å². The van der Waals surface area contributed by atoms with Crippen LogP contribution in [0.4, 0.5) is 10.1 Å². The summed E-state index contributed by atoms with van der Waals surface area (Å²) >= 11 is 14.8. The van der Waals surface area contributed by atoms with Crippen molar-refractivity contribution in [1.29, 1.82) is 0 Å². The van der Waals surface area contributed by atoms with Crippen LogP contribution in [0.3, 0.4) is 0 Å². The second-order valence-corrected chi connectivity index (χ2v) is 13.4. The van der Waals surface area contributed by atoms with Crippen molar-refractivity contribution in [2.75, 3.05) is 11.5 Å². The Hall–Kier alpha value is -4.21. The van der Waals surface area contributed by atoms with Gasteiger partial charge in [0.15, 0.2) is 21.2 Å². The molecule has 11 heteroatoms. The molecule has 2 heterocycles. The fraction of sp³-hybridized carbons (Fsp3) is 0.314. The SMILES string of the molecule is CCOc1cccc(C2C3=CCC4C(=O)N(Cc5ccccc5)C(=O)C4C3CC3(Cl)C(=O)N(c4ccc(F)cc4)C(=O)C23Cl)c1O. The van der Waals surface area contributed by atoms with Gasteiger partial charge in [0, 0.05) is 11.5 Å². The summed E-state index contributed by atoms with van der Waals surface area (Å²) in [5.74, 6) is -6.59. The van der Waals surface area contributed by atoms with Crippen LogP contribution in [0.1, 0.15) is 36.8 Å². The molecule has 46 heavy (non-hydrogen) atoms. The number of carbonyl (C=O) groups excluding carboxylic acids is 4. The predicted octanol–water partition coefficient (Wildman–Crippen LogP) is 5.69. The molecule has 3 aromatic carbocycles. The topological polar surface area (TPSA) is 104 Å². The third-order valence-corrected chi connectivity index (χ3v) is 11.2. The molecular formula is C35H29Cl2FN2O6. The third kappa shape index (κ3) is 4.17. The van der Waals surface area contributed by atoms with Crippen LogP contribution in [0.25, 0.3) is 0 Å². The zero-order valence-electron chi connectivity index (χ0n) is 24.7. The van der Waals surface area contributed by atoms with Crippen molar-refractivity contribution in [3.8, 4) is 11.5 Å². The van der Waals surface area contributed by atoms with Crippen LogP contribution < -0.4 is 9.64 Å². The fourth-order valence-corrected chi connectivity index (χ4v) is 8.70. The number of likely N-dealkylation sites (tertiary alicyclic amines) is 1. The lowest BCUT2D eigenvalue weighted by Gasteiger charge is -2.50. The summed E-state index contributed by atoms with van der Waals surface area (Å²) in [6.45, 7) is 2.09. The average molecular weight is 664 g/mol. The van der Waals surface area contributed by atoms with E-state index in [9.17, 15) is 28.7 Å². The van der Waals surface area contributed by atoms with Gasteiger partial charge >= 0.3 is 0 Å². The number of para-hydroxylation sites is 1. The van der Waals surface area contributed by atoms with Crippen LogP contribution in [-0.2, 0) is 25.7 Å². The molecule has 236 valence electrons. The Kier molecular flexibility index (Phi) is 7.25. The van der Waals surface area contributed by atoms with E-state index in [1.165, 1.54) is 17.0 Å². The summed E-state index contributed by atoms with van der Waals surface area (Å²) in [6, 6.07) is 18.8. The summed E-state index contributed by atoms with van der Waals surface area (Å²) in [7, 11) is 0. The first-order chi connectivity index (χ1) is 22.0. The Balaban J connectivity index is 1.39. The largest absolute Gasteiger partial charge is 0.504 e. The molecule has 0 spiro atoms. The first kappa shape index (κ1) is 30.4. The van der Waals surface area contributed by atoms with Crippen molar-refractivity contribution < 1.29 is 33.4 Å². The van der Waals surface area contributed by atoms with Gasteiger partial charge in [0.1, 0.15) is 5.82 Å². The Labute approximate surface area is 274 Å². The number of benzene rings is 3. The number of fused-ring (bicyclic) bond motifs is 4. The van der Waals surface area contributed by atoms with Gasteiger partial charge in [0.25, 0.3) is 11.8 Å². The number of alkyl halides is 2. The Morgan fingerprint density at radius 3 is 2.33 bits per heavy atom. The molecule has 2 saturated heterocycles. The number of ether oxygens (including phenoxy) is 1. The highest BCUT2D eigenvalue weighted by molar-refractivity contribution is 6.58. The van der Waals surface area contributed by atoms with E-state index < -0.39 is 57.0 Å². The van der Waals surface area contributed by atoms with E-state index >= 15 is 0 Å². The quantitative estimate of drug-likeness (QED) is 0.207. The van der Waals surface area contributed by atoms with Crippen LogP contribution in [0.2, 0.25) is 0 Å². The van der Waals surface area contributed by atoms with Crippen LogP contribution in [0.15, 0.2) is 84.4 Å². The molecule has 2 aliphatic carbocycles. The average Bonchev–Trinajstić information content (AvgIpc) is 3.37. The minimum absolute atomic E-state index is 0.0767. The number of allylic oxidation sites excluding steroid dienone is 2. The number of aromatic hydroxyl groups is 1. The normalized spacial score (nSPS) is 30.2. The number of imide groups is 2. The standard InChI is InChI=1S/C35H29Cl2FN2O6/c1-2-46-26-10-6-9-24(29(26)41)28-22-15-16-23-27(31(43)39(30(23)42)18-19-7-4-3-5-8-19)25(22)17-34(36)32(44)40(33(45)35(28,34)37)21-13-11-20(38)12-14-21/h3-15,23,25,27-28,41H,2,16-18H2,1H3. The van der Waals surface area contributed by atoms with Crippen LogP contribution in [0.5, 0.6) is 11.5 Å². The number of phenolic OH excluding ortho intramolecular Hbond substituents is 1. The predicted molar refractivity (Wildman–Crippen MR) is 168 cm³/mol. The van der Waals surface area contributed by atoms with Gasteiger partial charge in [-0.25, -0.2) is 9.29 Å². The second kappa shape index (κ2) is 11.0. The monoisotopic (exact) mass is 662 g/mol.